The number of rotatable bonds is 6. The Morgan fingerprint density at radius 3 is 2.13 bits per heavy atom. The zero-order valence-corrected chi connectivity index (χ0v) is 14.0. The van der Waals surface area contributed by atoms with Crippen LogP contribution in [0.25, 0.3) is 0 Å². The fourth-order valence-corrected chi connectivity index (χ4v) is 3.54. The Morgan fingerprint density at radius 2 is 1.57 bits per heavy atom. The average molecular weight is 334 g/mol. The van der Waals surface area contributed by atoms with Crippen LogP contribution >= 0.6 is 0 Å². The number of hydrogen-bond acceptors (Lipinski definition) is 5. The van der Waals surface area contributed by atoms with Crippen molar-refractivity contribution in [3.8, 4) is 11.5 Å². The molecule has 122 valence electrons. The Labute approximate surface area is 135 Å². The summed E-state index contributed by atoms with van der Waals surface area (Å²) in [6, 6.07) is 12.5. The van der Waals surface area contributed by atoms with Crippen LogP contribution < -0.4 is 9.47 Å². The van der Waals surface area contributed by atoms with Gasteiger partial charge in [-0.2, -0.15) is 0 Å². The zero-order valence-electron chi connectivity index (χ0n) is 13.1. The van der Waals surface area contributed by atoms with Gasteiger partial charge in [-0.15, -0.1) is 0 Å². The predicted molar refractivity (Wildman–Crippen MR) is 87.0 cm³/mol. The van der Waals surface area contributed by atoms with Crippen molar-refractivity contribution in [2.75, 3.05) is 14.2 Å². The van der Waals surface area contributed by atoms with Crippen LogP contribution in [-0.4, -0.2) is 33.7 Å². The topological polar surface area (TPSA) is 69.7 Å². The van der Waals surface area contributed by atoms with E-state index in [1.807, 2.05) is 0 Å². The number of carbonyl (C=O) groups excluding carboxylic acids is 1. The van der Waals surface area contributed by atoms with Crippen molar-refractivity contribution in [3.05, 3.63) is 54.1 Å². The SMILES string of the molecule is COc1ccc(C(=O)[C@H](C)S(=O)(=O)c2ccccc2)cc1OC. The smallest absolute Gasteiger partial charge is 0.188 e. The summed E-state index contributed by atoms with van der Waals surface area (Å²) in [5.74, 6) is 0.361. The standard InChI is InChI=1S/C17H18O5S/c1-12(23(19,20)14-7-5-4-6-8-14)17(18)13-9-10-15(21-2)16(11-13)22-3/h4-12H,1-3H3/t12-/m0/s1. The van der Waals surface area contributed by atoms with Crippen LogP contribution in [0.3, 0.4) is 0 Å². The third-order valence-electron chi connectivity index (χ3n) is 3.57. The highest BCUT2D eigenvalue weighted by atomic mass is 32.2. The minimum absolute atomic E-state index is 0.126. The second-order valence-corrected chi connectivity index (χ2v) is 7.20. The van der Waals surface area contributed by atoms with E-state index in [4.69, 9.17) is 9.47 Å². The molecule has 0 fully saturated rings. The third-order valence-corrected chi connectivity index (χ3v) is 5.65. The number of ketones is 1. The summed E-state index contributed by atoms with van der Waals surface area (Å²) >= 11 is 0. The van der Waals surface area contributed by atoms with Gasteiger partial charge in [-0.1, -0.05) is 18.2 Å². The first-order valence-electron chi connectivity index (χ1n) is 6.97. The van der Waals surface area contributed by atoms with Crippen molar-refractivity contribution in [2.24, 2.45) is 0 Å². The van der Waals surface area contributed by atoms with Gasteiger partial charge in [0.25, 0.3) is 0 Å². The van der Waals surface area contributed by atoms with Crippen molar-refractivity contribution in [3.63, 3.8) is 0 Å². The largest absolute Gasteiger partial charge is 0.493 e. The van der Waals surface area contributed by atoms with Crippen molar-refractivity contribution in [2.45, 2.75) is 17.1 Å². The summed E-state index contributed by atoms with van der Waals surface area (Å²) in [6.45, 7) is 1.39. The molecule has 2 aromatic rings. The molecule has 0 radical (unpaired) electrons. The average Bonchev–Trinajstić information content (AvgIpc) is 2.60. The van der Waals surface area contributed by atoms with Gasteiger partial charge in [-0.05, 0) is 37.3 Å². The van der Waals surface area contributed by atoms with Crippen LogP contribution in [0.4, 0.5) is 0 Å². The van der Waals surface area contributed by atoms with E-state index in [-0.39, 0.29) is 10.5 Å². The van der Waals surface area contributed by atoms with E-state index in [9.17, 15) is 13.2 Å². The molecule has 2 aromatic carbocycles. The molecule has 0 heterocycles. The molecule has 0 saturated heterocycles. The van der Waals surface area contributed by atoms with Gasteiger partial charge in [0.05, 0.1) is 19.1 Å². The second-order valence-electron chi connectivity index (χ2n) is 4.93. The van der Waals surface area contributed by atoms with E-state index in [0.29, 0.717) is 11.5 Å². The number of hydrogen-bond donors (Lipinski definition) is 0. The van der Waals surface area contributed by atoms with Gasteiger partial charge >= 0.3 is 0 Å². The van der Waals surface area contributed by atoms with Gasteiger partial charge in [-0.3, -0.25) is 4.79 Å². The van der Waals surface area contributed by atoms with E-state index in [1.165, 1.54) is 45.4 Å². The number of Topliss-reactive ketones (excluding diaryl/α,β-unsaturated/α-hetero) is 1. The molecule has 0 saturated carbocycles. The summed E-state index contributed by atoms with van der Waals surface area (Å²) in [5, 5.41) is -1.19. The van der Waals surface area contributed by atoms with Gasteiger partial charge in [0, 0.05) is 5.56 Å². The van der Waals surface area contributed by atoms with E-state index in [2.05, 4.69) is 0 Å². The molecule has 2 rings (SSSR count). The Morgan fingerprint density at radius 1 is 0.957 bits per heavy atom. The van der Waals surface area contributed by atoms with Crippen LogP contribution in [0, 0.1) is 0 Å². The molecule has 0 aliphatic heterocycles. The summed E-state index contributed by atoms with van der Waals surface area (Å²) in [7, 11) is -0.801. The van der Waals surface area contributed by atoms with Crippen LogP contribution in [0.1, 0.15) is 17.3 Å². The van der Waals surface area contributed by atoms with E-state index < -0.39 is 20.9 Å². The third kappa shape index (κ3) is 3.37. The van der Waals surface area contributed by atoms with E-state index in [0.717, 1.165) is 0 Å². The molecule has 0 aliphatic carbocycles. The summed E-state index contributed by atoms with van der Waals surface area (Å²) in [5.41, 5.74) is 0.259. The Bertz CT molecular complexity index is 797. The van der Waals surface area contributed by atoms with Crippen molar-refractivity contribution in [1.29, 1.82) is 0 Å². The minimum Gasteiger partial charge on any atom is -0.493 e. The van der Waals surface area contributed by atoms with E-state index >= 15 is 0 Å². The minimum atomic E-state index is -3.74. The lowest BCUT2D eigenvalue weighted by molar-refractivity contribution is 0.0991. The maximum atomic E-state index is 12.6. The molecule has 0 aromatic heterocycles. The van der Waals surface area contributed by atoms with Gasteiger partial charge in [0.2, 0.25) is 0 Å². The first kappa shape index (κ1) is 17.0. The Hall–Kier alpha value is -2.34. The Balaban J connectivity index is 2.37. The molecule has 6 heteroatoms. The van der Waals surface area contributed by atoms with Crippen molar-refractivity contribution in [1.82, 2.24) is 0 Å². The molecule has 0 bridgehead atoms. The van der Waals surface area contributed by atoms with E-state index in [1.54, 1.807) is 24.3 Å². The molecule has 23 heavy (non-hydrogen) atoms. The lowest BCUT2D eigenvalue weighted by atomic mass is 10.1. The highest BCUT2D eigenvalue weighted by Gasteiger charge is 2.30. The summed E-state index contributed by atoms with van der Waals surface area (Å²) in [6.07, 6.45) is 0. The lowest BCUT2D eigenvalue weighted by Gasteiger charge is -2.14. The number of carbonyl (C=O) groups is 1. The molecular formula is C17H18O5S. The molecule has 0 N–H and O–H groups in total. The van der Waals surface area contributed by atoms with Crippen LogP contribution in [0.15, 0.2) is 53.4 Å². The maximum absolute atomic E-state index is 12.6. The Kier molecular flexibility index (Phi) is 5.05. The van der Waals surface area contributed by atoms with Gasteiger partial charge in [0.15, 0.2) is 27.1 Å². The van der Waals surface area contributed by atoms with Crippen LogP contribution in [-0.2, 0) is 9.84 Å². The fourth-order valence-electron chi connectivity index (χ4n) is 2.18. The van der Waals surface area contributed by atoms with Gasteiger partial charge in [-0.25, -0.2) is 8.42 Å². The summed E-state index contributed by atoms with van der Waals surface area (Å²) in [4.78, 5) is 12.7. The predicted octanol–water partition coefficient (Wildman–Crippen LogP) is 2.75. The van der Waals surface area contributed by atoms with Gasteiger partial charge in [0.1, 0.15) is 5.25 Å². The molecule has 5 nitrogen and oxygen atoms in total. The molecule has 1 atom stereocenters. The van der Waals surface area contributed by atoms with Crippen LogP contribution in [0.2, 0.25) is 0 Å². The zero-order chi connectivity index (χ0) is 17.0. The molecular weight excluding hydrogens is 316 g/mol. The monoisotopic (exact) mass is 334 g/mol. The van der Waals surface area contributed by atoms with Crippen molar-refractivity contribution >= 4 is 15.6 Å². The normalized spacial score (nSPS) is 12.5. The summed E-state index contributed by atoms with van der Waals surface area (Å²) < 4.78 is 35.4. The molecule has 0 aliphatic rings. The molecule has 0 spiro atoms. The maximum Gasteiger partial charge on any atom is 0.188 e. The first-order valence-corrected chi connectivity index (χ1v) is 8.51. The first-order chi connectivity index (χ1) is 10.9. The number of sulfone groups is 1. The molecule has 0 amide bonds. The number of benzene rings is 2. The fraction of sp³-hybridized carbons (Fsp3) is 0.235. The van der Waals surface area contributed by atoms with Gasteiger partial charge < -0.3 is 9.47 Å². The van der Waals surface area contributed by atoms with Crippen LogP contribution in [0.5, 0.6) is 11.5 Å². The highest BCUT2D eigenvalue weighted by Crippen LogP contribution is 2.29. The number of ether oxygens (including phenoxy) is 2. The lowest BCUT2D eigenvalue weighted by Crippen LogP contribution is -2.27. The second kappa shape index (κ2) is 6.83. The quantitative estimate of drug-likeness (QED) is 0.760. The van der Waals surface area contributed by atoms with Crippen molar-refractivity contribution < 1.29 is 22.7 Å². The highest BCUT2D eigenvalue weighted by molar-refractivity contribution is 7.92. The number of methoxy groups -OCH3 is 2. The molecule has 0 unspecified atom stereocenters.